The number of H-pyrrole nitrogens is 1. The highest BCUT2D eigenvalue weighted by Gasteiger charge is 2.01. The topological polar surface area (TPSA) is 93.5 Å². The van der Waals surface area contributed by atoms with Gasteiger partial charge in [0.15, 0.2) is 5.78 Å². The Balaban J connectivity index is 1.66. The number of aromatic hydroxyl groups is 1. The van der Waals surface area contributed by atoms with Crippen molar-refractivity contribution in [2.45, 2.75) is 6.61 Å². The van der Waals surface area contributed by atoms with E-state index in [1.54, 1.807) is 24.3 Å². The lowest BCUT2D eigenvalue weighted by atomic mass is 10.1. The number of ketones is 1. The number of carbonyl (C=O) groups is 1. The number of aliphatic hydroxyl groups is 2. The van der Waals surface area contributed by atoms with Crippen LogP contribution in [0.2, 0.25) is 0 Å². The molecule has 4 N–H and O–H groups in total. The van der Waals surface area contributed by atoms with Gasteiger partial charge in [0.25, 0.3) is 0 Å². The van der Waals surface area contributed by atoms with E-state index in [9.17, 15) is 15.0 Å². The van der Waals surface area contributed by atoms with Crippen LogP contribution >= 0.6 is 0 Å². The van der Waals surface area contributed by atoms with Gasteiger partial charge in [0.1, 0.15) is 11.5 Å². The average Bonchev–Trinajstić information content (AvgIpc) is 3.13. The minimum Gasteiger partial charge on any atom is -0.508 e. The largest absolute Gasteiger partial charge is 0.508 e. The Hall–Kier alpha value is -3.57. The van der Waals surface area contributed by atoms with Gasteiger partial charge >= 0.3 is 0 Å². The van der Waals surface area contributed by atoms with E-state index in [0.717, 1.165) is 22.5 Å². The molecule has 0 aliphatic carbocycles. The zero-order valence-electron chi connectivity index (χ0n) is 14.5. The Morgan fingerprint density at radius 3 is 2.56 bits per heavy atom. The Morgan fingerprint density at radius 1 is 1.00 bits per heavy atom. The second-order valence-electron chi connectivity index (χ2n) is 6.01. The normalized spacial score (nSPS) is 12.4. The molecule has 136 valence electrons. The van der Waals surface area contributed by atoms with Gasteiger partial charge in [-0.3, -0.25) is 4.79 Å². The van der Waals surface area contributed by atoms with Crippen molar-refractivity contribution >= 4 is 28.8 Å². The lowest BCUT2D eigenvalue weighted by molar-refractivity contribution is -0.110. The molecular weight excluding hydrogens is 342 g/mol. The molecule has 1 aromatic heterocycles. The van der Waals surface area contributed by atoms with Crippen molar-refractivity contribution in [1.82, 2.24) is 4.98 Å². The number of benzene rings is 2. The summed E-state index contributed by atoms with van der Waals surface area (Å²) in [5.74, 6) is -0.529. The van der Waals surface area contributed by atoms with Crippen LogP contribution in [0.3, 0.4) is 0 Å². The molecule has 3 aromatic rings. The monoisotopic (exact) mass is 361 g/mol. The third-order valence-corrected chi connectivity index (χ3v) is 4.03. The predicted octanol–water partition coefficient (Wildman–Crippen LogP) is 4.10. The van der Waals surface area contributed by atoms with Crippen LogP contribution in [0.15, 0.2) is 72.6 Å². The molecule has 0 radical (unpaired) electrons. The SMILES string of the molecule is O=C(/C=C(O)/C=C/c1ccc2[nH]ccc2c1)/C=C/c1ccc(O)c(CO)c1. The van der Waals surface area contributed by atoms with Crippen molar-refractivity contribution in [2.75, 3.05) is 0 Å². The predicted molar refractivity (Wildman–Crippen MR) is 106 cm³/mol. The van der Waals surface area contributed by atoms with Crippen LogP contribution in [-0.4, -0.2) is 26.1 Å². The number of rotatable bonds is 6. The van der Waals surface area contributed by atoms with E-state index in [1.807, 2.05) is 30.5 Å². The first-order chi connectivity index (χ1) is 13.0. The number of phenols is 1. The quantitative estimate of drug-likeness (QED) is 0.302. The summed E-state index contributed by atoms with van der Waals surface area (Å²) in [5.41, 5.74) is 2.98. The van der Waals surface area contributed by atoms with Crippen molar-refractivity contribution < 1.29 is 20.1 Å². The summed E-state index contributed by atoms with van der Waals surface area (Å²) in [6.07, 6.45) is 9.03. The highest BCUT2D eigenvalue weighted by atomic mass is 16.3. The van der Waals surface area contributed by atoms with Gasteiger partial charge in [-0.1, -0.05) is 24.3 Å². The number of aliphatic hydroxyl groups excluding tert-OH is 2. The van der Waals surface area contributed by atoms with E-state index in [0.29, 0.717) is 11.1 Å². The number of carbonyl (C=O) groups excluding carboxylic acids is 1. The Kier molecular flexibility index (Phi) is 5.54. The third kappa shape index (κ3) is 4.74. The fraction of sp³-hybridized carbons (Fsp3) is 0.0455. The van der Waals surface area contributed by atoms with Crippen LogP contribution in [0.4, 0.5) is 0 Å². The molecule has 0 saturated heterocycles. The minimum atomic E-state index is -0.378. The molecule has 0 aliphatic rings. The molecule has 2 aromatic carbocycles. The molecule has 1 heterocycles. The van der Waals surface area contributed by atoms with E-state index in [-0.39, 0.29) is 23.9 Å². The standard InChI is InChI=1S/C22H19NO4/c24-14-18-12-16(4-8-22(18)27)2-6-20(26)13-19(25)5-1-15-3-7-21-17(11-15)9-10-23-21/h1-13,23-25,27H,14H2/b5-1+,6-2+,19-13-. The van der Waals surface area contributed by atoms with Gasteiger partial charge in [0.2, 0.25) is 0 Å². The second kappa shape index (κ2) is 8.21. The van der Waals surface area contributed by atoms with E-state index in [4.69, 9.17) is 5.11 Å². The number of hydrogen-bond acceptors (Lipinski definition) is 4. The first kappa shape index (κ1) is 18.2. The zero-order valence-corrected chi connectivity index (χ0v) is 14.5. The molecule has 0 bridgehead atoms. The maximum Gasteiger partial charge on any atom is 0.182 e. The highest BCUT2D eigenvalue weighted by molar-refractivity contribution is 6.02. The van der Waals surface area contributed by atoms with Gasteiger partial charge in [-0.2, -0.15) is 0 Å². The number of aromatic amines is 1. The van der Waals surface area contributed by atoms with Crippen LogP contribution in [0, 0.1) is 0 Å². The van der Waals surface area contributed by atoms with Gasteiger partial charge in [0, 0.05) is 23.4 Å². The number of hydrogen-bond donors (Lipinski definition) is 4. The molecule has 5 nitrogen and oxygen atoms in total. The molecule has 0 unspecified atom stereocenters. The molecule has 0 atom stereocenters. The smallest absolute Gasteiger partial charge is 0.182 e. The van der Waals surface area contributed by atoms with Crippen LogP contribution in [0.5, 0.6) is 5.75 Å². The Bertz CT molecular complexity index is 1060. The van der Waals surface area contributed by atoms with Gasteiger partial charge in [0.05, 0.1) is 6.61 Å². The third-order valence-electron chi connectivity index (χ3n) is 4.03. The Morgan fingerprint density at radius 2 is 1.74 bits per heavy atom. The van der Waals surface area contributed by atoms with Crippen molar-refractivity contribution in [2.24, 2.45) is 0 Å². The number of aromatic nitrogens is 1. The summed E-state index contributed by atoms with van der Waals surface area (Å²) in [6.45, 7) is -0.290. The van der Waals surface area contributed by atoms with Crippen molar-refractivity contribution in [3.63, 3.8) is 0 Å². The average molecular weight is 361 g/mol. The van der Waals surface area contributed by atoms with E-state index in [1.165, 1.54) is 18.2 Å². The molecule has 0 spiro atoms. The lowest BCUT2D eigenvalue weighted by Gasteiger charge is -2.01. The summed E-state index contributed by atoms with van der Waals surface area (Å²) in [7, 11) is 0. The highest BCUT2D eigenvalue weighted by Crippen LogP contribution is 2.19. The maximum atomic E-state index is 11.9. The van der Waals surface area contributed by atoms with E-state index in [2.05, 4.69) is 4.98 Å². The lowest BCUT2D eigenvalue weighted by Crippen LogP contribution is -1.89. The molecule has 27 heavy (non-hydrogen) atoms. The summed E-state index contributed by atoms with van der Waals surface area (Å²) in [5, 5.41) is 29.6. The molecule has 0 saturated carbocycles. The number of fused-ring (bicyclic) bond motifs is 1. The Labute approximate surface area is 156 Å². The first-order valence-electron chi connectivity index (χ1n) is 8.36. The van der Waals surface area contributed by atoms with Crippen LogP contribution in [0.1, 0.15) is 16.7 Å². The van der Waals surface area contributed by atoms with Gasteiger partial charge in [-0.25, -0.2) is 0 Å². The molecule has 0 fully saturated rings. The van der Waals surface area contributed by atoms with Crippen LogP contribution in [-0.2, 0) is 11.4 Å². The van der Waals surface area contributed by atoms with Gasteiger partial charge in [-0.15, -0.1) is 0 Å². The van der Waals surface area contributed by atoms with E-state index >= 15 is 0 Å². The molecular formula is C22H19NO4. The summed E-state index contributed by atoms with van der Waals surface area (Å²) in [6, 6.07) is 12.4. The zero-order chi connectivity index (χ0) is 19.2. The molecule has 5 heteroatoms. The summed E-state index contributed by atoms with van der Waals surface area (Å²) < 4.78 is 0. The van der Waals surface area contributed by atoms with Gasteiger partial charge in [-0.05, 0) is 59.0 Å². The fourth-order valence-corrected chi connectivity index (χ4v) is 2.61. The molecule has 0 aliphatic heterocycles. The number of allylic oxidation sites excluding steroid dienone is 3. The van der Waals surface area contributed by atoms with Crippen molar-refractivity contribution in [3.8, 4) is 5.75 Å². The fourth-order valence-electron chi connectivity index (χ4n) is 2.61. The maximum absolute atomic E-state index is 11.9. The summed E-state index contributed by atoms with van der Waals surface area (Å²) >= 11 is 0. The molecule has 0 amide bonds. The van der Waals surface area contributed by atoms with Crippen molar-refractivity contribution in [1.29, 1.82) is 0 Å². The second-order valence-corrected chi connectivity index (χ2v) is 6.01. The number of nitrogens with one attached hydrogen (secondary N) is 1. The van der Waals surface area contributed by atoms with E-state index < -0.39 is 0 Å². The van der Waals surface area contributed by atoms with Crippen LogP contribution < -0.4 is 0 Å². The van der Waals surface area contributed by atoms with Crippen LogP contribution in [0.25, 0.3) is 23.1 Å². The summed E-state index contributed by atoms with van der Waals surface area (Å²) in [4.78, 5) is 15.1. The minimum absolute atomic E-state index is 0.00137. The van der Waals surface area contributed by atoms with Gasteiger partial charge < -0.3 is 20.3 Å². The molecule has 3 rings (SSSR count). The van der Waals surface area contributed by atoms with Crippen molar-refractivity contribution in [3.05, 3.63) is 89.3 Å². The first-order valence-corrected chi connectivity index (χ1v) is 8.36.